The molecule has 0 aliphatic heterocycles. The molecular formula is C26H28N4O3S2. The van der Waals surface area contributed by atoms with Gasteiger partial charge in [0.05, 0.1) is 27.4 Å². The molecule has 35 heavy (non-hydrogen) atoms. The topological polar surface area (TPSA) is 83.5 Å². The first kappa shape index (κ1) is 25.0. The second-order valence-corrected chi connectivity index (χ2v) is 11.2. The van der Waals surface area contributed by atoms with E-state index in [1.807, 2.05) is 32.0 Å². The normalized spacial score (nSPS) is 11.8. The van der Waals surface area contributed by atoms with E-state index in [2.05, 4.69) is 17.1 Å². The number of rotatable bonds is 8. The summed E-state index contributed by atoms with van der Waals surface area (Å²) in [6.07, 6.45) is 1.69. The minimum atomic E-state index is -3.60. The zero-order valence-electron chi connectivity index (χ0n) is 20.2. The second-order valence-electron chi connectivity index (χ2n) is 8.25. The third-order valence-electron chi connectivity index (χ3n) is 5.79. The van der Waals surface area contributed by atoms with Gasteiger partial charge in [0.1, 0.15) is 0 Å². The Morgan fingerprint density at radius 3 is 2.34 bits per heavy atom. The summed E-state index contributed by atoms with van der Waals surface area (Å²) in [7, 11) is -3.60. The lowest BCUT2D eigenvalue weighted by atomic mass is 10.1. The lowest BCUT2D eigenvalue weighted by Gasteiger charge is -2.21. The van der Waals surface area contributed by atoms with Gasteiger partial charge in [0.25, 0.3) is 5.91 Å². The summed E-state index contributed by atoms with van der Waals surface area (Å²) in [4.78, 5) is 24.6. The minimum absolute atomic E-state index is 0.167. The van der Waals surface area contributed by atoms with Crippen LogP contribution in [0.1, 0.15) is 41.0 Å². The van der Waals surface area contributed by atoms with Crippen molar-refractivity contribution in [1.82, 2.24) is 14.3 Å². The fourth-order valence-corrected chi connectivity index (χ4v) is 6.59. The van der Waals surface area contributed by atoms with Gasteiger partial charge in [-0.3, -0.25) is 14.7 Å². The standard InChI is InChI=1S/C26H28N4O3S2/c1-5-29(6-2)35(32,33)22-12-10-20(11-13-22)25(31)30(17-21-9-7-8-14-27-21)26-28-24-19(4)15-18(3)16-23(24)34-26/h7-16H,5-6,17H2,1-4H3. The van der Waals surface area contributed by atoms with Gasteiger partial charge >= 0.3 is 0 Å². The molecule has 2 aromatic heterocycles. The van der Waals surface area contributed by atoms with Crippen LogP contribution in [0.3, 0.4) is 0 Å². The van der Waals surface area contributed by atoms with Gasteiger partial charge in [0, 0.05) is 24.8 Å². The molecule has 0 saturated carbocycles. The molecule has 0 radical (unpaired) electrons. The molecule has 0 atom stereocenters. The Hall–Kier alpha value is -3.14. The molecule has 0 fully saturated rings. The molecule has 4 rings (SSSR count). The lowest BCUT2D eigenvalue weighted by molar-refractivity contribution is 0.0984. The molecule has 182 valence electrons. The largest absolute Gasteiger partial charge is 0.278 e. The average Bonchev–Trinajstić information content (AvgIpc) is 3.27. The number of carbonyl (C=O) groups excluding carboxylic acids is 1. The summed E-state index contributed by atoms with van der Waals surface area (Å²) in [5.41, 5.74) is 4.17. The van der Waals surface area contributed by atoms with Crippen molar-refractivity contribution >= 4 is 42.6 Å². The van der Waals surface area contributed by atoms with Crippen LogP contribution in [0.2, 0.25) is 0 Å². The fraction of sp³-hybridized carbons (Fsp3) is 0.269. The van der Waals surface area contributed by atoms with Crippen LogP contribution in [0.4, 0.5) is 5.13 Å². The number of aryl methyl sites for hydroxylation is 2. The number of anilines is 1. The maximum Gasteiger partial charge on any atom is 0.260 e. The molecule has 4 aromatic rings. The van der Waals surface area contributed by atoms with Crippen LogP contribution in [-0.4, -0.2) is 41.7 Å². The molecule has 2 aromatic carbocycles. The Kier molecular flexibility index (Phi) is 7.30. The number of amides is 1. The van der Waals surface area contributed by atoms with Gasteiger partial charge in [0.15, 0.2) is 5.13 Å². The maximum atomic E-state index is 13.7. The summed E-state index contributed by atoms with van der Waals surface area (Å²) in [5, 5.41) is 0.573. The number of fused-ring (bicyclic) bond motifs is 1. The second kappa shape index (κ2) is 10.2. The van der Waals surface area contributed by atoms with Crippen LogP contribution in [0, 0.1) is 13.8 Å². The molecule has 2 heterocycles. The van der Waals surface area contributed by atoms with E-state index in [9.17, 15) is 13.2 Å². The molecular weight excluding hydrogens is 480 g/mol. The van der Waals surface area contributed by atoms with E-state index in [0.29, 0.717) is 23.8 Å². The Balaban J connectivity index is 1.73. The van der Waals surface area contributed by atoms with E-state index in [-0.39, 0.29) is 17.3 Å². The Labute approximate surface area is 210 Å². The van der Waals surface area contributed by atoms with E-state index in [1.54, 1.807) is 37.1 Å². The van der Waals surface area contributed by atoms with E-state index in [1.165, 1.54) is 27.8 Å². The van der Waals surface area contributed by atoms with Crippen LogP contribution >= 0.6 is 11.3 Å². The predicted octanol–water partition coefficient (Wildman–Crippen LogP) is 5.19. The first-order chi connectivity index (χ1) is 16.7. The van der Waals surface area contributed by atoms with Gasteiger partial charge in [-0.25, -0.2) is 13.4 Å². The maximum absolute atomic E-state index is 13.7. The van der Waals surface area contributed by atoms with Crippen LogP contribution < -0.4 is 4.90 Å². The first-order valence-electron chi connectivity index (χ1n) is 11.4. The van der Waals surface area contributed by atoms with E-state index < -0.39 is 10.0 Å². The van der Waals surface area contributed by atoms with Gasteiger partial charge in [-0.2, -0.15) is 4.31 Å². The molecule has 7 nitrogen and oxygen atoms in total. The van der Waals surface area contributed by atoms with Crippen molar-refractivity contribution in [2.24, 2.45) is 0 Å². The first-order valence-corrected chi connectivity index (χ1v) is 13.7. The number of carbonyl (C=O) groups is 1. The Morgan fingerprint density at radius 2 is 1.71 bits per heavy atom. The highest BCUT2D eigenvalue weighted by atomic mass is 32.2. The van der Waals surface area contributed by atoms with Gasteiger partial charge in [-0.05, 0) is 67.4 Å². The summed E-state index contributed by atoms with van der Waals surface area (Å²) in [5.74, 6) is -0.268. The summed E-state index contributed by atoms with van der Waals surface area (Å²) in [6, 6.07) is 15.8. The third-order valence-corrected chi connectivity index (χ3v) is 8.87. The number of pyridine rings is 1. The van der Waals surface area contributed by atoms with E-state index in [4.69, 9.17) is 4.98 Å². The number of aromatic nitrogens is 2. The summed E-state index contributed by atoms with van der Waals surface area (Å²) < 4.78 is 28.1. The van der Waals surface area contributed by atoms with Gasteiger partial charge < -0.3 is 0 Å². The molecule has 0 N–H and O–H groups in total. The van der Waals surface area contributed by atoms with E-state index >= 15 is 0 Å². The van der Waals surface area contributed by atoms with Crippen molar-refractivity contribution in [1.29, 1.82) is 0 Å². The van der Waals surface area contributed by atoms with Crippen LogP contribution in [0.25, 0.3) is 10.2 Å². The lowest BCUT2D eigenvalue weighted by Crippen LogP contribution is -2.31. The Bertz CT molecular complexity index is 1450. The SMILES string of the molecule is CCN(CC)S(=O)(=O)c1ccc(C(=O)N(Cc2ccccn2)c2nc3c(C)cc(C)cc3s2)cc1. The summed E-state index contributed by atoms with van der Waals surface area (Å²) in [6.45, 7) is 8.67. The van der Waals surface area contributed by atoms with Gasteiger partial charge in [-0.15, -0.1) is 0 Å². The number of hydrogen-bond acceptors (Lipinski definition) is 6. The molecule has 9 heteroatoms. The van der Waals surface area contributed by atoms with Crippen molar-refractivity contribution in [2.75, 3.05) is 18.0 Å². The smallest absolute Gasteiger partial charge is 0.260 e. The van der Waals surface area contributed by atoms with Crippen LogP contribution in [-0.2, 0) is 16.6 Å². The zero-order valence-corrected chi connectivity index (χ0v) is 21.9. The quantitative estimate of drug-likeness (QED) is 0.327. The monoisotopic (exact) mass is 508 g/mol. The van der Waals surface area contributed by atoms with Crippen LogP contribution in [0.15, 0.2) is 65.7 Å². The highest BCUT2D eigenvalue weighted by Gasteiger charge is 2.25. The highest BCUT2D eigenvalue weighted by Crippen LogP contribution is 2.33. The molecule has 0 saturated heterocycles. The minimum Gasteiger partial charge on any atom is -0.278 e. The number of hydrogen-bond donors (Lipinski definition) is 0. The average molecular weight is 509 g/mol. The van der Waals surface area contributed by atoms with Crippen molar-refractivity contribution in [3.8, 4) is 0 Å². The third kappa shape index (κ3) is 5.12. The molecule has 0 spiro atoms. The molecule has 0 bridgehead atoms. The van der Waals surface area contributed by atoms with Crippen molar-refractivity contribution in [3.05, 3.63) is 83.2 Å². The number of benzene rings is 2. The molecule has 1 amide bonds. The summed E-state index contributed by atoms with van der Waals surface area (Å²) >= 11 is 1.46. The zero-order chi connectivity index (χ0) is 25.2. The number of nitrogens with zero attached hydrogens (tertiary/aromatic N) is 4. The fourth-order valence-electron chi connectivity index (χ4n) is 3.99. The molecule has 0 aliphatic rings. The highest BCUT2D eigenvalue weighted by molar-refractivity contribution is 7.89. The number of thiazole rings is 1. The molecule has 0 unspecified atom stereocenters. The van der Waals surface area contributed by atoms with E-state index in [0.717, 1.165) is 27.0 Å². The predicted molar refractivity (Wildman–Crippen MR) is 140 cm³/mol. The van der Waals surface area contributed by atoms with Crippen LogP contribution in [0.5, 0.6) is 0 Å². The Morgan fingerprint density at radius 1 is 1.00 bits per heavy atom. The van der Waals surface area contributed by atoms with Crippen molar-refractivity contribution in [2.45, 2.75) is 39.1 Å². The molecule has 0 aliphatic carbocycles. The van der Waals surface area contributed by atoms with Gasteiger partial charge in [0.2, 0.25) is 10.0 Å². The van der Waals surface area contributed by atoms with Crippen molar-refractivity contribution < 1.29 is 13.2 Å². The van der Waals surface area contributed by atoms with Gasteiger partial charge in [-0.1, -0.05) is 37.3 Å². The number of sulfonamides is 1. The van der Waals surface area contributed by atoms with Crippen molar-refractivity contribution in [3.63, 3.8) is 0 Å².